The van der Waals surface area contributed by atoms with Crippen molar-refractivity contribution in [3.63, 3.8) is 0 Å². The number of aromatic nitrogens is 3. The summed E-state index contributed by atoms with van der Waals surface area (Å²) in [6.45, 7) is 5.59. The maximum atomic E-state index is 12.7. The molecule has 1 aromatic heterocycles. The van der Waals surface area contributed by atoms with E-state index in [0.29, 0.717) is 22.3 Å². The van der Waals surface area contributed by atoms with Crippen LogP contribution in [0.3, 0.4) is 0 Å². The number of carbonyl (C=O) groups is 1. The lowest BCUT2D eigenvalue weighted by molar-refractivity contribution is -0.385. The number of nitro groups is 1. The van der Waals surface area contributed by atoms with Gasteiger partial charge in [0.05, 0.1) is 10.6 Å². The Morgan fingerprint density at radius 2 is 1.68 bits per heavy atom. The number of nitrogens with one attached hydrogen (secondary N) is 1. The zero-order valence-corrected chi connectivity index (χ0v) is 17.4. The van der Waals surface area contributed by atoms with E-state index in [4.69, 9.17) is 0 Å². The van der Waals surface area contributed by atoms with Crippen molar-refractivity contribution in [1.82, 2.24) is 15.0 Å². The second kappa shape index (κ2) is 7.98. The maximum absolute atomic E-state index is 12.7. The van der Waals surface area contributed by atoms with E-state index in [0.717, 1.165) is 23.2 Å². The minimum Gasteiger partial charge on any atom is -0.322 e. The first kappa shape index (κ1) is 20.2. The lowest BCUT2D eigenvalue weighted by Crippen LogP contribution is -2.13. The van der Waals surface area contributed by atoms with E-state index in [2.05, 4.69) is 22.4 Å². The smallest absolute Gasteiger partial charge is 0.272 e. The lowest BCUT2D eigenvalue weighted by Gasteiger charge is -2.09. The van der Waals surface area contributed by atoms with E-state index in [9.17, 15) is 14.9 Å². The molecule has 4 rings (SSSR count). The van der Waals surface area contributed by atoms with Crippen molar-refractivity contribution < 1.29 is 9.72 Å². The Bertz CT molecular complexity index is 1310. The number of hydrogen-bond donors (Lipinski definition) is 1. The molecule has 31 heavy (non-hydrogen) atoms. The van der Waals surface area contributed by atoms with E-state index < -0.39 is 4.92 Å². The summed E-state index contributed by atoms with van der Waals surface area (Å²) in [5.74, 6) is -0.344. The predicted octanol–water partition coefficient (Wildman–Crippen LogP) is 4.76. The minimum atomic E-state index is -0.464. The van der Waals surface area contributed by atoms with Crippen LogP contribution in [0.2, 0.25) is 0 Å². The van der Waals surface area contributed by atoms with Crippen LogP contribution in [0, 0.1) is 24.0 Å². The molecule has 0 bridgehead atoms. The van der Waals surface area contributed by atoms with E-state index in [1.54, 1.807) is 17.8 Å². The quantitative estimate of drug-likeness (QED) is 0.374. The highest BCUT2D eigenvalue weighted by Gasteiger charge is 2.15. The van der Waals surface area contributed by atoms with Crippen LogP contribution in [-0.2, 0) is 6.42 Å². The molecule has 0 aliphatic heterocycles. The number of benzene rings is 3. The van der Waals surface area contributed by atoms with Crippen LogP contribution >= 0.6 is 0 Å². The zero-order valence-electron chi connectivity index (χ0n) is 17.4. The Hall–Kier alpha value is -4.07. The second-order valence-corrected chi connectivity index (χ2v) is 7.38. The van der Waals surface area contributed by atoms with Crippen molar-refractivity contribution in [2.45, 2.75) is 27.2 Å². The van der Waals surface area contributed by atoms with E-state index >= 15 is 0 Å². The average molecular weight is 415 g/mol. The molecular weight excluding hydrogens is 394 g/mol. The summed E-state index contributed by atoms with van der Waals surface area (Å²) in [7, 11) is 0. The molecule has 0 saturated carbocycles. The van der Waals surface area contributed by atoms with Gasteiger partial charge in [-0.05, 0) is 67.8 Å². The summed E-state index contributed by atoms with van der Waals surface area (Å²) in [5, 5.41) is 23.0. The first-order valence-corrected chi connectivity index (χ1v) is 9.89. The molecule has 8 heteroatoms. The SMILES string of the molecule is CCc1ccc(-n2nc3cc(C)c(NC(=O)c4ccc([N+](=O)[O-])c(C)c4)cc3n2)cc1. The van der Waals surface area contributed by atoms with Gasteiger partial charge in [0.25, 0.3) is 11.6 Å². The molecule has 1 heterocycles. The minimum absolute atomic E-state index is 0.0160. The topological polar surface area (TPSA) is 103 Å². The monoisotopic (exact) mass is 415 g/mol. The van der Waals surface area contributed by atoms with E-state index in [1.807, 2.05) is 37.3 Å². The van der Waals surface area contributed by atoms with Crippen molar-refractivity contribution >= 4 is 28.3 Å². The highest BCUT2D eigenvalue weighted by Crippen LogP contribution is 2.24. The van der Waals surface area contributed by atoms with E-state index in [1.165, 1.54) is 23.8 Å². The van der Waals surface area contributed by atoms with Crippen LogP contribution in [0.4, 0.5) is 11.4 Å². The van der Waals surface area contributed by atoms with Crippen LogP contribution in [-0.4, -0.2) is 25.8 Å². The summed E-state index contributed by atoms with van der Waals surface area (Å²) in [4.78, 5) is 24.8. The van der Waals surface area contributed by atoms with Crippen LogP contribution in [0.25, 0.3) is 16.7 Å². The van der Waals surface area contributed by atoms with Gasteiger partial charge >= 0.3 is 0 Å². The van der Waals surface area contributed by atoms with Gasteiger partial charge in [0.2, 0.25) is 0 Å². The van der Waals surface area contributed by atoms with E-state index in [-0.39, 0.29) is 11.6 Å². The van der Waals surface area contributed by atoms with Crippen molar-refractivity contribution in [2.75, 3.05) is 5.32 Å². The average Bonchev–Trinajstić information content (AvgIpc) is 3.16. The van der Waals surface area contributed by atoms with Gasteiger partial charge in [0.15, 0.2) is 0 Å². The Balaban J connectivity index is 1.62. The molecule has 0 saturated heterocycles. The van der Waals surface area contributed by atoms with Crippen molar-refractivity contribution in [2.24, 2.45) is 0 Å². The first-order valence-electron chi connectivity index (χ1n) is 9.89. The van der Waals surface area contributed by atoms with Gasteiger partial charge in [-0.15, -0.1) is 10.2 Å². The molecule has 0 fully saturated rings. The predicted molar refractivity (Wildman–Crippen MR) is 119 cm³/mol. The molecule has 1 amide bonds. The normalized spacial score (nSPS) is 10.9. The molecule has 0 unspecified atom stereocenters. The van der Waals surface area contributed by atoms with Crippen molar-refractivity contribution in [3.05, 3.63) is 87.0 Å². The number of nitrogens with zero attached hydrogens (tertiary/aromatic N) is 4. The number of nitro benzene ring substituents is 1. The third-order valence-corrected chi connectivity index (χ3v) is 5.21. The second-order valence-electron chi connectivity index (χ2n) is 7.38. The molecule has 1 N–H and O–H groups in total. The molecule has 0 radical (unpaired) electrons. The van der Waals surface area contributed by atoms with Crippen LogP contribution in [0.1, 0.15) is 34.0 Å². The van der Waals surface area contributed by atoms with Gasteiger partial charge in [-0.2, -0.15) is 4.80 Å². The molecule has 0 aliphatic carbocycles. The Morgan fingerprint density at radius 1 is 1.00 bits per heavy atom. The Labute approximate surface area is 178 Å². The van der Waals surface area contributed by atoms with Crippen LogP contribution in [0.15, 0.2) is 54.6 Å². The maximum Gasteiger partial charge on any atom is 0.272 e. The molecule has 0 atom stereocenters. The van der Waals surface area contributed by atoms with Gasteiger partial charge in [-0.1, -0.05) is 19.1 Å². The molecule has 3 aromatic carbocycles. The third-order valence-electron chi connectivity index (χ3n) is 5.21. The lowest BCUT2D eigenvalue weighted by atomic mass is 10.1. The highest BCUT2D eigenvalue weighted by molar-refractivity contribution is 6.05. The molecule has 0 spiro atoms. The summed E-state index contributed by atoms with van der Waals surface area (Å²) in [6.07, 6.45) is 0.964. The van der Waals surface area contributed by atoms with Gasteiger partial charge < -0.3 is 5.32 Å². The molecule has 156 valence electrons. The number of rotatable bonds is 5. The van der Waals surface area contributed by atoms with Crippen LogP contribution < -0.4 is 5.32 Å². The van der Waals surface area contributed by atoms with Gasteiger partial charge in [-0.3, -0.25) is 14.9 Å². The van der Waals surface area contributed by atoms with Crippen molar-refractivity contribution in [1.29, 1.82) is 0 Å². The van der Waals surface area contributed by atoms with Gasteiger partial charge in [0, 0.05) is 22.9 Å². The number of anilines is 1. The largest absolute Gasteiger partial charge is 0.322 e. The van der Waals surface area contributed by atoms with Gasteiger partial charge in [0.1, 0.15) is 11.0 Å². The standard InChI is InChI=1S/C23H21N5O3/c1-4-16-5-8-18(9-6-16)27-25-20-12-14(2)19(13-21(20)26-27)24-23(29)17-7-10-22(28(30)31)15(3)11-17/h5-13H,4H2,1-3H3,(H,24,29). The Morgan fingerprint density at radius 3 is 2.29 bits per heavy atom. The highest BCUT2D eigenvalue weighted by atomic mass is 16.6. The fourth-order valence-corrected chi connectivity index (χ4v) is 3.38. The molecule has 4 aromatic rings. The number of hydrogen-bond acceptors (Lipinski definition) is 5. The summed E-state index contributed by atoms with van der Waals surface area (Å²) in [6, 6.07) is 16.0. The van der Waals surface area contributed by atoms with Crippen molar-refractivity contribution in [3.8, 4) is 5.69 Å². The number of aryl methyl sites for hydroxylation is 3. The molecular formula is C23H21N5O3. The van der Waals surface area contributed by atoms with Gasteiger partial charge in [-0.25, -0.2) is 0 Å². The number of fused-ring (bicyclic) bond motifs is 1. The number of amides is 1. The Kier molecular flexibility index (Phi) is 5.21. The third kappa shape index (κ3) is 4.00. The summed E-state index contributed by atoms with van der Waals surface area (Å²) in [5.41, 5.74) is 5.69. The zero-order chi connectivity index (χ0) is 22.1. The molecule has 0 aliphatic rings. The first-order chi connectivity index (χ1) is 14.9. The number of carbonyl (C=O) groups excluding carboxylic acids is 1. The summed E-state index contributed by atoms with van der Waals surface area (Å²) < 4.78 is 0. The van der Waals surface area contributed by atoms with Crippen LogP contribution in [0.5, 0.6) is 0 Å². The molecule has 8 nitrogen and oxygen atoms in total. The fourth-order valence-electron chi connectivity index (χ4n) is 3.38. The fraction of sp³-hybridized carbons (Fsp3) is 0.174. The summed E-state index contributed by atoms with van der Waals surface area (Å²) >= 11 is 0.